The number of nitrogens with zero attached hydrogens (tertiary/aromatic N) is 3. The van der Waals surface area contributed by atoms with Gasteiger partial charge >= 0.3 is 0 Å². The minimum absolute atomic E-state index is 0.111. The van der Waals surface area contributed by atoms with Crippen molar-refractivity contribution in [2.24, 2.45) is 0 Å². The van der Waals surface area contributed by atoms with Gasteiger partial charge in [0.05, 0.1) is 32.5 Å². The Morgan fingerprint density at radius 1 is 1.00 bits per heavy atom. The highest BCUT2D eigenvalue weighted by molar-refractivity contribution is 5.94. The number of benzene rings is 2. The van der Waals surface area contributed by atoms with E-state index in [9.17, 15) is 9.18 Å². The lowest BCUT2D eigenvalue weighted by atomic mass is 10.1. The first-order chi connectivity index (χ1) is 16.1. The van der Waals surface area contributed by atoms with Gasteiger partial charge in [-0.05, 0) is 29.8 Å². The topological polar surface area (TPSA) is 54.5 Å². The van der Waals surface area contributed by atoms with Gasteiger partial charge in [-0.1, -0.05) is 12.1 Å². The molecule has 2 saturated heterocycles. The van der Waals surface area contributed by atoms with Gasteiger partial charge in [0, 0.05) is 58.4 Å². The van der Waals surface area contributed by atoms with Crippen LogP contribution in [0.4, 0.5) is 4.39 Å². The van der Waals surface area contributed by atoms with E-state index in [-0.39, 0.29) is 17.6 Å². The lowest BCUT2D eigenvalue weighted by Crippen LogP contribution is -2.53. The van der Waals surface area contributed by atoms with Gasteiger partial charge in [0.25, 0.3) is 5.91 Å². The summed E-state index contributed by atoms with van der Waals surface area (Å²) in [6.45, 7) is 6.73. The second-order valence-corrected chi connectivity index (χ2v) is 8.52. The number of ether oxygens (including phenoxy) is 3. The fraction of sp³-hybridized carbons (Fsp3) is 0.480. The summed E-state index contributed by atoms with van der Waals surface area (Å²) in [7, 11) is 3.32. The summed E-state index contributed by atoms with van der Waals surface area (Å²) in [5.74, 6) is 0.879. The summed E-state index contributed by atoms with van der Waals surface area (Å²) in [4.78, 5) is 19.1. The average Bonchev–Trinajstić information content (AvgIpc) is 2.84. The molecular weight excluding hydrogens is 425 g/mol. The second-order valence-electron chi connectivity index (χ2n) is 8.52. The lowest BCUT2D eigenvalue weighted by Gasteiger charge is -2.39. The van der Waals surface area contributed by atoms with Gasteiger partial charge in [0.2, 0.25) is 0 Å². The predicted molar refractivity (Wildman–Crippen MR) is 123 cm³/mol. The average molecular weight is 458 g/mol. The Morgan fingerprint density at radius 2 is 1.70 bits per heavy atom. The molecule has 0 aromatic heterocycles. The molecule has 1 amide bonds. The highest BCUT2D eigenvalue weighted by Gasteiger charge is 2.27. The number of rotatable bonds is 7. The molecule has 7 nitrogen and oxygen atoms in total. The van der Waals surface area contributed by atoms with Crippen LogP contribution >= 0.6 is 0 Å². The Balaban J connectivity index is 1.27. The maximum atomic E-state index is 14.0. The normalized spacial score (nSPS) is 20.0. The van der Waals surface area contributed by atoms with Crippen molar-refractivity contribution in [2.75, 3.05) is 66.6 Å². The maximum Gasteiger partial charge on any atom is 0.256 e. The Morgan fingerprint density at radius 3 is 2.36 bits per heavy atom. The maximum absolute atomic E-state index is 14.0. The molecule has 4 rings (SSSR count). The van der Waals surface area contributed by atoms with Gasteiger partial charge in [0.15, 0.2) is 0 Å². The van der Waals surface area contributed by atoms with Crippen LogP contribution in [-0.4, -0.2) is 93.4 Å². The molecule has 2 heterocycles. The third kappa shape index (κ3) is 6.01. The van der Waals surface area contributed by atoms with Crippen LogP contribution in [0.5, 0.6) is 11.5 Å². The summed E-state index contributed by atoms with van der Waals surface area (Å²) in [6, 6.07) is 12.1. The molecule has 2 fully saturated rings. The summed E-state index contributed by atoms with van der Waals surface area (Å²) >= 11 is 0. The monoisotopic (exact) mass is 457 g/mol. The van der Waals surface area contributed by atoms with Crippen molar-refractivity contribution < 1.29 is 23.4 Å². The van der Waals surface area contributed by atoms with Crippen molar-refractivity contribution in [3.05, 3.63) is 59.4 Å². The van der Waals surface area contributed by atoms with Gasteiger partial charge in [-0.25, -0.2) is 4.39 Å². The number of carbonyl (C=O) groups excluding carboxylic acids is 1. The van der Waals surface area contributed by atoms with Crippen molar-refractivity contribution in [3.8, 4) is 11.5 Å². The molecule has 0 radical (unpaired) electrons. The second kappa shape index (κ2) is 11.0. The van der Waals surface area contributed by atoms with Gasteiger partial charge < -0.3 is 19.1 Å². The van der Waals surface area contributed by atoms with E-state index in [1.54, 1.807) is 37.3 Å². The van der Waals surface area contributed by atoms with Crippen LogP contribution in [0.25, 0.3) is 0 Å². The van der Waals surface area contributed by atoms with E-state index in [0.29, 0.717) is 19.7 Å². The van der Waals surface area contributed by atoms with Gasteiger partial charge in [-0.15, -0.1) is 0 Å². The van der Waals surface area contributed by atoms with Crippen LogP contribution in [0.2, 0.25) is 0 Å². The van der Waals surface area contributed by atoms with Crippen molar-refractivity contribution >= 4 is 5.91 Å². The van der Waals surface area contributed by atoms with Crippen LogP contribution in [-0.2, 0) is 11.3 Å². The molecule has 2 aliphatic rings. The first-order valence-electron chi connectivity index (χ1n) is 11.4. The minimum atomic E-state index is -0.464. The standard InChI is InChI=1S/C25H32FN3O4/c1-31-20-13-19(14-21(15-20)32-2)16-28-11-12-33-22(18-28)17-27-7-9-29(10-8-27)25(30)23-5-3-4-6-24(23)26/h3-6,13-15,22H,7-12,16-18H2,1-2H3/t22-/m1/s1. The number of carbonyl (C=O) groups is 1. The Kier molecular flexibility index (Phi) is 7.80. The van der Waals surface area contributed by atoms with Crippen LogP contribution in [0, 0.1) is 5.82 Å². The van der Waals surface area contributed by atoms with E-state index in [2.05, 4.69) is 9.80 Å². The van der Waals surface area contributed by atoms with E-state index < -0.39 is 5.82 Å². The zero-order valence-corrected chi connectivity index (χ0v) is 19.3. The molecule has 2 aromatic carbocycles. The van der Waals surface area contributed by atoms with Crippen LogP contribution in [0.1, 0.15) is 15.9 Å². The van der Waals surface area contributed by atoms with Crippen LogP contribution in [0.15, 0.2) is 42.5 Å². The van der Waals surface area contributed by atoms with Crippen molar-refractivity contribution in [3.63, 3.8) is 0 Å². The van der Waals surface area contributed by atoms with E-state index in [0.717, 1.165) is 56.3 Å². The number of halogens is 1. The lowest BCUT2D eigenvalue weighted by molar-refractivity contribution is -0.0497. The highest BCUT2D eigenvalue weighted by Crippen LogP contribution is 2.24. The van der Waals surface area contributed by atoms with E-state index in [1.165, 1.54) is 6.07 Å². The van der Waals surface area contributed by atoms with Gasteiger partial charge in [-0.3, -0.25) is 14.6 Å². The molecule has 0 saturated carbocycles. The molecule has 0 aliphatic carbocycles. The summed E-state index contributed by atoms with van der Waals surface area (Å²) in [6.07, 6.45) is 0.111. The zero-order valence-electron chi connectivity index (χ0n) is 19.3. The minimum Gasteiger partial charge on any atom is -0.497 e. The molecule has 8 heteroatoms. The van der Waals surface area contributed by atoms with Crippen molar-refractivity contribution in [1.29, 1.82) is 0 Å². The molecule has 0 spiro atoms. The van der Waals surface area contributed by atoms with E-state index >= 15 is 0 Å². The Hall–Kier alpha value is -2.68. The quantitative estimate of drug-likeness (QED) is 0.637. The number of hydrogen-bond acceptors (Lipinski definition) is 6. The number of hydrogen-bond donors (Lipinski definition) is 0. The number of methoxy groups -OCH3 is 2. The molecule has 2 aliphatic heterocycles. The third-order valence-electron chi connectivity index (χ3n) is 6.27. The van der Waals surface area contributed by atoms with Gasteiger partial charge in [-0.2, -0.15) is 0 Å². The first-order valence-corrected chi connectivity index (χ1v) is 11.4. The number of morpholine rings is 1. The predicted octanol–water partition coefficient (Wildman–Crippen LogP) is 2.50. The molecule has 33 heavy (non-hydrogen) atoms. The van der Waals surface area contributed by atoms with E-state index in [1.807, 2.05) is 18.2 Å². The fourth-order valence-corrected chi connectivity index (χ4v) is 4.48. The zero-order chi connectivity index (χ0) is 23.2. The SMILES string of the molecule is COc1cc(CN2CCO[C@H](CN3CCN(C(=O)c4ccccc4F)CC3)C2)cc(OC)c1. The summed E-state index contributed by atoms with van der Waals surface area (Å²) in [5, 5.41) is 0. The molecule has 2 aromatic rings. The summed E-state index contributed by atoms with van der Waals surface area (Å²) < 4.78 is 30.8. The number of amides is 1. The first kappa shape index (κ1) is 23.5. The van der Waals surface area contributed by atoms with Gasteiger partial charge in [0.1, 0.15) is 17.3 Å². The Labute approximate surface area is 194 Å². The van der Waals surface area contributed by atoms with E-state index in [4.69, 9.17) is 14.2 Å². The molecule has 0 bridgehead atoms. The third-order valence-corrected chi connectivity index (χ3v) is 6.27. The van der Waals surface area contributed by atoms with Crippen LogP contribution < -0.4 is 9.47 Å². The molecule has 178 valence electrons. The Bertz CT molecular complexity index is 927. The molecule has 0 N–H and O–H groups in total. The smallest absolute Gasteiger partial charge is 0.256 e. The largest absolute Gasteiger partial charge is 0.497 e. The molecule has 1 atom stereocenters. The fourth-order valence-electron chi connectivity index (χ4n) is 4.48. The van der Waals surface area contributed by atoms with Crippen molar-refractivity contribution in [2.45, 2.75) is 12.6 Å². The number of piperazine rings is 1. The van der Waals surface area contributed by atoms with Crippen LogP contribution in [0.3, 0.4) is 0 Å². The van der Waals surface area contributed by atoms with Crippen molar-refractivity contribution in [1.82, 2.24) is 14.7 Å². The molecule has 0 unspecified atom stereocenters. The molecular formula is C25H32FN3O4. The summed E-state index contributed by atoms with van der Waals surface area (Å²) in [5.41, 5.74) is 1.29. The highest BCUT2D eigenvalue weighted by atomic mass is 19.1.